The van der Waals surface area contributed by atoms with Crippen LogP contribution in [-0.2, 0) is 9.47 Å². The smallest absolute Gasteiger partial charge is 0.352 e. The quantitative estimate of drug-likeness (QED) is 0.603. The Labute approximate surface area is 140 Å². The molecule has 130 valence electrons. The van der Waals surface area contributed by atoms with Gasteiger partial charge < -0.3 is 18.9 Å². The number of carbonyl (C=O) groups is 2. The molecule has 0 bridgehead atoms. The minimum absolute atomic E-state index is 0.231. The molecule has 0 aliphatic rings. The van der Waals surface area contributed by atoms with Crippen molar-refractivity contribution in [3.8, 4) is 11.5 Å². The summed E-state index contributed by atoms with van der Waals surface area (Å²) in [4.78, 5) is 24.8. The number of hydrogen-bond donors (Lipinski definition) is 0. The average molecular weight is 344 g/mol. The molecule has 1 heterocycles. The predicted octanol–water partition coefficient (Wildman–Crippen LogP) is 3.68. The Morgan fingerprint density at radius 3 is 1.48 bits per heavy atom. The molecule has 0 saturated carbocycles. The van der Waals surface area contributed by atoms with E-state index in [0.717, 1.165) is 24.2 Å². The van der Waals surface area contributed by atoms with Crippen molar-refractivity contribution in [2.75, 3.05) is 26.4 Å². The van der Waals surface area contributed by atoms with E-state index in [0.29, 0.717) is 13.2 Å². The Morgan fingerprint density at radius 2 is 1.17 bits per heavy atom. The molecular formula is C16H24O6S. The molecule has 0 amide bonds. The maximum Gasteiger partial charge on any atom is 0.352 e. The van der Waals surface area contributed by atoms with Crippen molar-refractivity contribution in [1.29, 1.82) is 0 Å². The van der Waals surface area contributed by atoms with Crippen LogP contribution in [-0.4, -0.2) is 38.4 Å². The first kappa shape index (κ1) is 19.3. The number of hydrogen-bond acceptors (Lipinski definition) is 7. The predicted molar refractivity (Wildman–Crippen MR) is 87.8 cm³/mol. The number of ether oxygens (including phenoxy) is 4. The van der Waals surface area contributed by atoms with Gasteiger partial charge in [-0.15, -0.1) is 11.3 Å². The second-order valence-corrected chi connectivity index (χ2v) is 5.58. The maximum atomic E-state index is 12.1. The van der Waals surface area contributed by atoms with Crippen molar-refractivity contribution < 1.29 is 28.5 Å². The molecule has 0 aliphatic heterocycles. The Kier molecular flexibility index (Phi) is 8.47. The lowest BCUT2D eigenvalue weighted by molar-refractivity contribution is 0.0516. The summed E-state index contributed by atoms with van der Waals surface area (Å²) in [5.41, 5.74) is 0. The Hall–Kier alpha value is -1.76. The maximum absolute atomic E-state index is 12.1. The fourth-order valence-electron chi connectivity index (χ4n) is 1.73. The van der Waals surface area contributed by atoms with Gasteiger partial charge in [-0.3, -0.25) is 0 Å². The molecule has 7 heteroatoms. The molecule has 0 fully saturated rings. The Balaban J connectivity index is 3.30. The molecule has 0 aromatic carbocycles. The van der Waals surface area contributed by atoms with Gasteiger partial charge in [0.15, 0.2) is 21.3 Å². The minimum Gasteiger partial charge on any atom is -0.488 e. The lowest BCUT2D eigenvalue weighted by Crippen LogP contribution is -2.08. The van der Waals surface area contributed by atoms with Crippen LogP contribution in [0, 0.1) is 0 Å². The van der Waals surface area contributed by atoms with Crippen molar-refractivity contribution in [3.05, 3.63) is 9.75 Å². The van der Waals surface area contributed by atoms with Gasteiger partial charge in [-0.25, -0.2) is 9.59 Å². The molecule has 0 spiro atoms. The lowest BCUT2D eigenvalue weighted by Gasteiger charge is -2.10. The first-order valence-electron chi connectivity index (χ1n) is 7.87. The van der Waals surface area contributed by atoms with Gasteiger partial charge in [-0.1, -0.05) is 13.8 Å². The van der Waals surface area contributed by atoms with Crippen LogP contribution in [0.15, 0.2) is 0 Å². The third kappa shape index (κ3) is 5.13. The first-order valence-corrected chi connectivity index (χ1v) is 8.68. The highest BCUT2D eigenvalue weighted by Gasteiger charge is 2.30. The highest BCUT2D eigenvalue weighted by atomic mass is 32.1. The molecule has 0 saturated heterocycles. The lowest BCUT2D eigenvalue weighted by atomic mass is 10.3. The van der Waals surface area contributed by atoms with E-state index in [1.807, 2.05) is 13.8 Å². The van der Waals surface area contributed by atoms with Crippen molar-refractivity contribution >= 4 is 23.3 Å². The van der Waals surface area contributed by atoms with Gasteiger partial charge in [0.25, 0.3) is 0 Å². The molecular weight excluding hydrogens is 320 g/mol. The summed E-state index contributed by atoms with van der Waals surface area (Å²) in [7, 11) is 0. The molecule has 23 heavy (non-hydrogen) atoms. The number of carbonyl (C=O) groups excluding carboxylic acids is 2. The van der Waals surface area contributed by atoms with Gasteiger partial charge in [0, 0.05) is 0 Å². The van der Waals surface area contributed by atoms with Gasteiger partial charge in [-0.2, -0.15) is 0 Å². The van der Waals surface area contributed by atoms with Crippen LogP contribution in [0.5, 0.6) is 11.5 Å². The average Bonchev–Trinajstić information content (AvgIpc) is 2.90. The molecule has 1 aromatic heterocycles. The zero-order valence-corrected chi connectivity index (χ0v) is 14.9. The second-order valence-electron chi connectivity index (χ2n) is 4.56. The monoisotopic (exact) mass is 344 g/mol. The van der Waals surface area contributed by atoms with Gasteiger partial charge >= 0.3 is 11.9 Å². The van der Waals surface area contributed by atoms with Crippen LogP contribution >= 0.6 is 11.3 Å². The van der Waals surface area contributed by atoms with Crippen LogP contribution in [0.4, 0.5) is 0 Å². The van der Waals surface area contributed by atoms with Crippen molar-refractivity contribution in [2.24, 2.45) is 0 Å². The van der Waals surface area contributed by atoms with E-state index in [9.17, 15) is 9.59 Å². The van der Waals surface area contributed by atoms with E-state index in [1.165, 1.54) is 0 Å². The topological polar surface area (TPSA) is 71.1 Å². The van der Waals surface area contributed by atoms with Gasteiger partial charge in [0.1, 0.15) is 0 Å². The van der Waals surface area contributed by atoms with E-state index in [1.54, 1.807) is 13.8 Å². The molecule has 0 aliphatic carbocycles. The third-order valence-electron chi connectivity index (χ3n) is 2.65. The SMILES string of the molecule is CCCOc1c(C(=O)OCC)sc(C(=O)OCC)c1OCCC. The molecule has 6 nitrogen and oxygen atoms in total. The van der Waals surface area contributed by atoms with Crippen LogP contribution < -0.4 is 9.47 Å². The minimum atomic E-state index is -0.527. The summed E-state index contributed by atoms with van der Waals surface area (Å²) in [6.07, 6.45) is 1.53. The summed E-state index contributed by atoms with van der Waals surface area (Å²) >= 11 is 0.984. The molecule has 1 aromatic rings. The van der Waals surface area contributed by atoms with Crippen molar-refractivity contribution in [3.63, 3.8) is 0 Å². The number of esters is 2. The molecule has 0 radical (unpaired) electrons. The van der Waals surface area contributed by atoms with Crippen LogP contribution in [0.1, 0.15) is 59.9 Å². The highest BCUT2D eigenvalue weighted by molar-refractivity contribution is 7.16. The summed E-state index contributed by atoms with van der Waals surface area (Å²) in [5.74, 6) is -0.514. The van der Waals surface area contributed by atoms with Crippen molar-refractivity contribution in [1.82, 2.24) is 0 Å². The van der Waals surface area contributed by atoms with E-state index < -0.39 is 11.9 Å². The van der Waals surface area contributed by atoms with Crippen LogP contribution in [0.25, 0.3) is 0 Å². The van der Waals surface area contributed by atoms with E-state index in [4.69, 9.17) is 18.9 Å². The fourth-order valence-corrected chi connectivity index (χ4v) is 2.71. The molecule has 1 rings (SSSR count). The Morgan fingerprint density at radius 1 is 0.783 bits per heavy atom. The standard InChI is InChI=1S/C16H24O6S/c1-5-9-21-11-12(22-10-6-2)14(16(18)20-8-4)23-13(11)15(17)19-7-3/h5-10H2,1-4H3. The summed E-state index contributed by atoms with van der Waals surface area (Å²) in [6.45, 7) is 8.65. The molecule has 0 atom stereocenters. The summed E-state index contributed by atoms with van der Waals surface area (Å²) < 4.78 is 21.4. The number of thiophene rings is 1. The van der Waals surface area contributed by atoms with Gasteiger partial charge in [0.05, 0.1) is 26.4 Å². The van der Waals surface area contributed by atoms with Crippen LogP contribution in [0.3, 0.4) is 0 Å². The molecule has 0 unspecified atom stereocenters. The van der Waals surface area contributed by atoms with Gasteiger partial charge in [0.2, 0.25) is 0 Å². The fraction of sp³-hybridized carbons (Fsp3) is 0.625. The van der Waals surface area contributed by atoms with Gasteiger partial charge in [-0.05, 0) is 26.7 Å². The largest absolute Gasteiger partial charge is 0.488 e. The first-order chi connectivity index (χ1) is 11.1. The third-order valence-corrected chi connectivity index (χ3v) is 3.76. The van der Waals surface area contributed by atoms with Crippen molar-refractivity contribution in [2.45, 2.75) is 40.5 Å². The summed E-state index contributed by atoms with van der Waals surface area (Å²) in [6, 6.07) is 0. The Bertz CT molecular complexity index is 478. The highest BCUT2D eigenvalue weighted by Crippen LogP contribution is 2.43. The summed E-state index contributed by atoms with van der Waals surface area (Å²) in [5, 5.41) is 0. The van der Waals surface area contributed by atoms with E-state index in [-0.39, 0.29) is 34.5 Å². The molecule has 0 N–H and O–H groups in total. The normalized spacial score (nSPS) is 10.3. The second kappa shape index (κ2) is 10.1. The number of rotatable bonds is 10. The van der Waals surface area contributed by atoms with Crippen LogP contribution in [0.2, 0.25) is 0 Å². The zero-order chi connectivity index (χ0) is 17.2. The van der Waals surface area contributed by atoms with E-state index >= 15 is 0 Å². The zero-order valence-electron chi connectivity index (χ0n) is 14.1. The van der Waals surface area contributed by atoms with E-state index in [2.05, 4.69) is 0 Å².